The Morgan fingerprint density at radius 1 is 1.13 bits per heavy atom. The van der Waals surface area contributed by atoms with Crippen molar-refractivity contribution < 1.29 is 19.1 Å². The second kappa shape index (κ2) is 7.49. The second-order valence-electron chi connectivity index (χ2n) is 6.92. The first-order valence-corrected chi connectivity index (χ1v) is 10.1. The number of thioether (sulfide) groups is 1. The summed E-state index contributed by atoms with van der Waals surface area (Å²) in [5.74, 6) is -0.275. The van der Waals surface area contributed by atoms with Crippen molar-refractivity contribution >= 4 is 40.3 Å². The van der Waals surface area contributed by atoms with Crippen LogP contribution in [0.15, 0.2) is 53.6 Å². The van der Waals surface area contributed by atoms with Crippen LogP contribution >= 0.6 is 11.8 Å². The third-order valence-electron chi connectivity index (χ3n) is 4.91. The van der Waals surface area contributed by atoms with Crippen molar-refractivity contribution in [1.82, 2.24) is 10.3 Å². The number of carbonyl (C=O) groups is 3. The minimum Gasteiger partial charge on any atom is -0.497 e. The van der Waals surface area contributed by atoms with E-state index in [1.54, 1.807) is 12.0 Å². The van der Waals surface area contributed by atoms with Crippen LogP contribution in [0, 0.1) is 0 Å². The van der Waals surface area contributed by atoms with E-state index in [-0.39, 0.29) is 17.0 Å². The van der Waals surface area contributed by atoms with Crippen LogP contribution in [-0.4, -0.2) is 35.0 Å². The summed E-state index contributed by atoms with van der Waals surface area (Å²) in [5, 5.41) is 8.23. The standard InChI is InChI=1S/C21H20N4O4S/c1-13(26)22-20-23-25(14(2)27)21(30-20)17-6-4-5-7-18(17)24(19(21)28)12-15-8-10-16(29-3)11-9-15/h4-11H,12H2,1-3H3,(H,22,23,26). The lowest BCUT2D eigenvalue weighted by Gasteiger charge is -2.29. The van der Waals surface area contributed by atoms with Gasteiger partial charge >= 0.3 is 0 Å². The van der Waals surface area contributed by atoms with Gasteiger partial charge < -0.3 is 15.0 Å². The molecule has 0 saturated carbocycles. The van der Waals surface area contributed by atoms with Crippen molar-refractivity contribution in [3.63, 3.8) is 0 Å². The zero-order chi connectivity index (χ0) is 21.5. The largest absolute Gasteiger partial charge is 0.497 e. The molecule has 0 radical (unpaired) electrons. The van der Waals surface area contributed by atoms with Gasteiger partial charge in [0, 0.05) is 19.4 Å². The smallest absolute Gasteiger partial charge is 0.271 e. The van der Waals surface area contributed by atoms with E-state index in [0.29, 0.717) is 17.8 Å². The predicted molar refractivity (Wildman–Crippen MR) is 114 cm³/mol. The Kier molecular flexibility index (Phi) is 4.98. The van der Waals surface area contributed by atoms with Gasteiger partial charge in [-0.15, -0.1) is 5.10 Å². The highest BCUT2D eigenvalue weighted by atomic mass is 32.2. The molecule has 3 amide bonds. The predicted octanol–water partition coefficient (Wildman–Crippen LogP) is 2.40. The average Bonchev–Trinajstić information content (AvgIpc) is 3.21. The SMILES string of the molecule is COc1ccc(CN2C(=O)C3(SC(NC(C)=O)=NN3C(C)=O)c3ccccc32)cc1. The highest BCUT2D eigenvalue weighted by Gasteiger charge is 2.61. The molecular weight excluding hydrogens is 404 g/mol. The number of amides is 3. The molecule has 8 nitrogen and oxygen atoms in total. The number of ether oxygens (including phenoxy) is 1. The molecule has 4 rings (SSSR count). The number of hydrogen-bond acceptors (Lipinski definition) is 6. The van der Waals surface area contributed by atoms with E-state index in [2.05, 4.69) is 10.4 Å². The van der Waals surface area contributed by atoms with Crippen LogP contribution in [0.3, 0.4) is 0 Å². The van der Waals surface area contributed by atoms with E-state index < -0.39 is 10.8 Å². The van der Waals surface area contributed by atoms with Crippen molar-refractivity contribution in [3.8, 4) is 5.75 Å². The number of hydrazone groups is 1. The van der Waals surface area contributed by atoms with Crippen LogP contribution in [0.25, 0.3) is 0 Å². The number of anilines is 1. The Labute approximate surface area is 177 Å². The van der Waals surface area contributed by atoms with E-state index in [1.165, 1.54) is 13.8 Å². The number of methoxy groups -OCH3 is 1. The van der Waals surface area contributed by atoms with E-state index in [9.17, 15) is 14.4 Å². The molecule has 1 N–H and O–H groups in total. The summed E-state index contributed by atoms with van der Waals surface area (Å²) in [5.41, 5.74) is 2.28. The fourth-order valence-electron chi connectivity index (χ4n) is 3.63. The average molecular weight is 424 g/mol. The van der Waals surface area contributed by atoms with Gasteiger partial charge in [0.2, 0.25) is 16.7 Å². The monoisotopic (exact) mass is 424 g/mol. The maximum atomic E-state index is 13.8. The minimum absolute atomic E-state index is 0.215. The molecule has 2 heterocycles. The van der Waals surface area contributed by atoms with Crippen LogP contribution in [0.5, 0.6) is 5.75 Å². The van der Waals surface area contributed by atoms with Gasteiger partial charge in [0.25, 0.3) is 5.91 Å². The van der Waals surface area contributed by atoms with E-state index in [4.69, 9.17) is 4.74 Å². The van der Waals surface area contributed by atoms with E-state index in [0.717, 1.165) is 28.1 Å². The fraction of sp³-hybridized carbons (Fsp3) is 0.238. The molecule has 2 aromatic carbocycles. The van der Waals surface area contributed by atoms with Crippen LogP contribution in [0.2, 0.25) is 0 Å². The topological polar surface area (TPSA) is 91.3 Å². The number of carbonyl (C=O) groups excluding carboxylic acids is 3. The highest BCUT2D eigenvalue weighted by Crippen LogP contribution is 2.54. The summed E-state index contributed by atoms with van der Waals surface area (Å²) in [4.78, 5) is 38.0. The van der Waals surface area contributed by atoms with Gasteiger partial charge in [-0.3, -0.25) is 14.4 Å². The number of benzene rings is 2. The molecule has 154 valence electrons. The first-order valence-electron chi connectivity index (χ1n) is 9.27. The fourth-order valence-corrected chi connectivity index (χ4v) is 4.97. The van der Waals surface area contributed by atoms with Crippen molar-refractivity contribution in [2.24, 2.45) is 5.10 Å². The molecule has 2 aromatic rings. The van der Waals surface area contributed by atoms with Gasteiger partial charge in [-0.05, 0) is 35.5 Å². The van der Waals surface area contributed by atoms with Gasteiger partial charge in [-0.25, -0.2) is 0 Å². The lowest BCUT2D eigenvalue weighted by atomic mass is 10.1. The molecule has 1 spiro atoms. The summed E-state index contributed by atoms with van der Waals surface area (Å²) in [6.07, 6.45) is 0. The summed E-state index contributed by atoms with van der Waals surface area (Å²) < 4.78 is 5.20. The molecule has 30 heavy (non-hydrogen) atoms. The number of amidine groups is 1. The maximum Gasteiger partial charge on any atom is 0.271 e. The third kappa shape index (κ3) is 3.11. The molecule has 0 aromatic heterocycles. The van der Waals surface area contributed by atoms with Gasteiger partial charge in [-0.2, -0.15) is 5.01 Å². The van der Waals surface area contributed by atoms with Crippen LogP contribution in [-0.2, 0) is 25.8 Å². The van der Waals surface area contributed by atoms with Gasteiger partial charge in [0.05, 0.1) is 19.3 Å². The van der Waals surface area contributed by atoms with Crippen LogP contribution < -0.4 is 15.0 Å². The Morgan fingerprint density at radius 2 is 1.83 bits per heavy atom. The number of nitrogens with zero attached hydrogens (tertiary/aromatic N) is 3. The molecule has 0 saturated heterocycles. The molecular formula is C21H20N4O4S. The highest BCUT2D eigenvalue weighted by molar-refractivity contribution is 8.15. The summed E-state index contributed by atoms with van der Waals surface area (Å²) in [7, 11) is 1.60. The maximum absolute atomic E-state index is 13.8. The number of para-hydroxylation sites is 1. The number of nitrogens with one attached hydrogen (secondary N) is 1. The first kappa shape index (κ1) is 20.0. The molecule has 1 atom stereocenters. The first-order chi connectivity index (χ1) is 14.4. The Hall–Kier alpha value is -3.33. The van der Waals surface area contributed by atoms with Gasteiger partial charge in [0.15, 0.2) is 5.17 Å². The van der Waals surface area contributed by atoms with Crippen molar-refractivity contribution in [2.45, 2.75) is 25.3 Å². The molecule has 0 bridgehead atoms. The molecule has 9 heteroatoms. The minimum atomic E-state index is -1.38. The number of fused-ring (bicyclic) bond motifs is 2. The molecule has 2 aliphatic heterocycles. The number of rotatable bonds is 3. The van der Waals surface area contributed by atoms with Crippen LogP contribution in [0.4, 0.5) is 5.69 Å². The summed E-state index contributed by atoms with van der Waals surface area (Å²) in [6.45, 7) is 3.03. The van der Waals surface area contributed by atoms with Gasteiger partial charge in [-0.1, -0.05) is 30.3 Å². The zero-order valence-corrected chi connectivity index (χ0v) is 17.5. The second-order valence-corrected chi connectivity index (χ2v) is 8.10. The molecule has 0 fully saturated rings. The molecule has 1 unspecified atom stereocenters. The normalized spacial score (nSPS) is 19.7. The van der Waals surface area contributed by atoms with Crippen molar-refractivity contribution in [3.05, 3.63) is 59.7 Å². The summed E-state index contributed by atoms with van der Waals surface area (Å²) in [6, 6.07) is 14.8. The lowest BCUT2D eigenvalue weighted by Crippen LogP contribution is -2.48. The number of hydrogen-bond donors (Lipinski definition) is 1. The molecule has 2 aliphatic rings. The third-order valence-corrected chi connectivity index (χ3v) is 6.15. The van der Waals surface area contributed by atoms with Crippen molar-refractivity contribution in [1.29, 1.82) is 0 Å². The zero-order valence-electron chi connectivity index (χ0n) is 16.7. The molecule has 0 aliphatic carbocycles. The Bertz CT molecular complexity index is 1070. The summed E-state index contributed by atoms with van der Waals surface area (Å²) >= 11 is 1.07. The Balaban J connectivity index is 1.76. The van der Waals surface area contributed by atoms with E-state index in [1.807, 2.05) is 48.5 Å². The van der Waals surface area contributed by atoms with Crippen molar-refractivity contribution in [2.75, 3.05) is 12.0 Å². The van der Waals surface area contributed by atoms with Gasteiger partial charge in [0.1, 0.15) is 5.75 Å². The Morgan fingerprint density at radius 3 is 2.47 bits per heavy atom. The van der Waals surface area contributed by atoms with Crippen LogP contribution in [0.1, 0.15) is 25.0 Å². The lowest BCUT2D eigenvalue weighted by molar-refractivity contribution is -0.139. The van der Waals surface area contributed by atoms with E-state index >= 15 is 0 Å². The quantitative estimate of drug-likeness (QED) is 0.817.